The quantitative estimate of drug-likeness (QED) is 0.776. The molecule has 0 aromatic carbocycles. The lowest BCUT2D eigenvalue weighted by molar-refractivity contribution is -0.0718. The third kappa shape index (κ3) is 4.21. The van der Waals surface area contributed by atoms with Gasteiger partial charge in [0, 0.05) is 6.54 Å². The Morgan fingerprint density at radius 2 is 2.10 bits per heavy atom. The molecule has 20 heavy (non-hydrogen) atoms. The van der Waals surface area contributed by atoms with Crippen molar-refractivity contribution in [1.29, 1.82) is 0 Å². The number of hydrogen-bond acceptors (Lipinski definition) is 4. The van der Waals surface area contributed by atoms with Gasteiger partial charge in [0.1, 0.15) is 11.2 Å². The van der Waals surface area contributed by atoms with Crippen LogP contribution in [0.1, 0.15) is 47.0 Å². The molecular weight excluding hydrogens is 258 g/mol. The topological polar surface area (TPSA) is 70.0 Å². The van der Waals surface area contributed by atoms with E-state index < -0.39 is 23.3 Å². The van der Waals surface area contributed by atoms with Gasteiger partial charge in [-0.15, -0.1) is 0 Å². The first-order valence-corrected chi connectivity index (χ1v) is 7.17. The average Bonchev–Trinajstić information content (AvgIpc) is 2.83. The van der Waals surface area contributed by atoms with Crippen molar-refractivity contribution in [2.45, 2.75) is 64.2 Å². The summed E-state index contributed by atoms with van der Waals surface area (Å²) in [5, 5.41) is 20.2. The van der Waals surface area contributed by atoms with Gasteiger partial charge in [0.2, 0.25) is 0 Å². The second-order valence-electron chi connectivity index (χ2n) is 6.37. The molecule has 1 aliphatic rings. The van der Waals surface area contributed by atoms with E-state index in [1.54, 1.807) is 4.90 Å². The van der Waals surface area contributed by atoms with Crippen LogP contribution < -0.4 is 0 Å². The molecule has 1 heterocycles. The Labute approximate surface area is 121 Å². The van der Waals surface area contributed by atoms with Gasteiger partial charge in [-0.25, -0.2) is 4.79 Å². The second kappa shape index (κ2) is 6.59. The Morgan fingerprint density at radius 1 is 1.45 bits per heavy atom. The van der Waals surface area contributed by atoms with E-state index in [2.05, 4.69) is 0 Å². The first-order valence-electron chi connectivity index (χ1n) is 7.17. The Balaban J connectivity index is 2.84. The second-order valence-corrected chi connectivity index (χ2v) is 6.37. The first-order chi connectivity index (χ1) is 9.23. The summed E-state index contributed by atoms with van der Waals surface area (Å²) in [6, 6.07) is -0.404. The van der Waals surface area contributed by atoms with Gasteiger partial charge in [0.05, 0.1) is 12.6 Å². The average molecular weight is 285 g/mol. The molecular formula is C15H27NO4. The lowest BCUT2D eigenvalue weighted by atomic mass is 9.89. The molecule has 0 unspecified atom stereocenters. The Hall–Kier alpha value is -1.07. The molecule has 0 spiro atoms. The van der Waals surface area contributed by atoms with Crippen LogP contribution in [-0.4, -0.2) is 51.6 Å². The van der Waals surface area contributed by atoms with Crippen molar-refractivity contribution in [2.75, 3.05) is 13.2 Å². The molecule has 1 saturated heterocycles. The number of ether oxygens (including phenoxy) is 1. The highest BCUT2D eigenvalue weighted by Crippen LogP contribution is 2.31. The molecule has 2 N–H and O–H groups in total. The molecule has 0 radical (unpaired) electrons. The minimum absolute atomic E-state index is 0.323. The lowest BCUT2D eigenvalue weighted by Crippen LogP contribution is -2.54. The van der Waals surface area contributed by atoms with E-state index in [0.717, 1.165) is 6.42 Å². The summed E-state index contributed by atoms with van der Waals surface area (Å²) >= 11 is 0. The van der Waals surface area contributed by atoms with E-state index in [0.29, 0.717) is 19.4 Å². The van der Waals surface area contributed by atoms with E-state index in [4.69, 9.17) is 4.74 Å². The third-order valence-corrected chi connectivity index (χ3v) is 3.48. The van der Waals surface area contributed by atoms with Crippen molar-refractivity contribution >= 4 is 6.09 Å². The van der Waals surface area contributed by atoms with Crippen molar-refractivity contribution in [3.63, 3.8) is 0 Å². The molecule has 0 saturated carbocycles. The van der Waals surface area contributed by atoms with Crippen LogP contribution in [0.5, 0.6) is 0 Å². The SMILES string of the molecule is C/C=C/C[C@@](O)(CO)[C@@H]1CCCN1C(=O)OC(C)(C)C. The number of carbonyl (C=O) groups is 1. The zero-order valence-electron chi connectivity index (χ0n) is 12.9. The molecule has 5 nitrogen and oxygen atoms in total. The molecule has 5 heteroatoms. The maximum atomic E-state index is 12.2. The molecule has 0 aromatic rings. The maximum absolute atomic E-state index is 12.2. The Bertz CT molecular complexity index is 361. The van der Waals surface area contributed by atoms with Crippen molar-refractivity contribution in [3.05, 3.63) is 12.2 Å². The number of allylic oxidation sites excluding steroid dienone is 1. The van der Waals surface area contributed by atoms with Gasteiger partial charge in [0.15, 0.2) is 0 Å². The normalized spacial score (nSPS) is 23.1. The van der Waals surface area contributed by atoms with E-state index in [-0.39, 0.29) is 6.61 Å². The summed E-state index contributed by atoms with van der Waals surface area (Å²) < 4.78 is 5.37. The Kier molecular flexibility index (Phi) is 5.59. The standard InChI is InChI=1S/C15H27NO4/c1-5-6-9-15(19,11-17)12-8-7-10-16(12)13(18)20-14(2,3)4/h5-6,12,17,19H,7-11H2,1-4H3/b6-5+/t12-,15+/m0/s1. The van der Waals surface area contributed by atoms with E-state index in [9.17, 15) is 15.0 Å². The number of nitrogens with zero attached hydrogens (tertiary/aromatic N) is 1. The van der Waals surface area contributed by atoms with E-state index >= 15 is 0 Å². The van der Waals surface area contributed by atoms with Gasteiger partial charge in [-0.05, 0) is 47.0 Å². The largest absolute Gasteiger partial charge is 0.444 e. The summed E-state index contributed by atoms with van der Waals surface area (Å²) in [4.78, 5) is 13.7. The van der Waals surface area contributed by atoms with Crippen LogP contribution in [0.3, 0.4) is 0 Å². The fourth-order valence-corrected chi connectivity index (χ4v) is 2.49. The monoisotopic (exact) mass is 285 g/mol. The fourth-order valence-electron chi connectivity index (χ4n) is 2.49. The van der Waals surface area contributed by atoms with Crippen molar-refractivity contribution in [2.24, 2.45) is 0 Å². The van der Waals surface area contributed by atoms with Crippen LogP contribution in [0.4, 0.5) is 4.79 Å². The van der Waals surface area contributed by atoms with Gasteiger partial charge in [-0.3, -0.25) is 0 Å². The number of rotatable bonds is 4. The van der Waals surface area contributed by atoms with Gasteiger partial charge >= 0.3 is 6.09 Å². The number of carbonyl (C=O) groups excluding carboxylic acids is 1. The highest BCUT2D eigenvalue weighted by molar-refractivity contribution is 5.69. The molecule has 2 atom stereocenters. The number of hydrogen-bond donors (Lipinski definition) is 2. The van der Waals surface area contributed by atoms with Crippen LogP contribution in [0.15, 0.2) is 12.2 Å². The number of aliphatic hydroxyl groups is 2. The molecule has 0 bridgehead atoms. The van der Waals surface area contributed by atoms with Crippen LogP contribution in [-0.2, 0) is 4.74 Å². The summed E-state index contributed by atoms with van der Waals surface area (Å²) in [6.45, 7) is 7.48. The zero-order valence-corrected chi connectivity index (χ0v) is 12.9. The lowest BCUT2D eigenvalue weighted by Gasteiger charge is -2.37. The summed E-state index contributed by atoms with van der Waals surface area (Å²) in [7, 11) is 0. The fraction of sp³-hybridized carbons (Fsp3) is 0.800. The van der Waals surface area contributed by atoms with Gasteiger partial charge < -0.3 is 19.8 Å². The van der Waals surface area contributed by atoms with Crippen molar-refractivity contribution < 1.29 is 19.7 Å². The van der Waals surface area contributed by atoms with Crippen molar-refractivity contribution in [1.82, 2.24) is 4.90 Å². The molecule has 0 aromatic heterocycles. The molecule has 1 rings (SSSR count). The highest BCUT2D eigenvalue weighted by atomic mass is 16.6. The molecule has 116 valence electrons. The van der Waals surface area contributed by atoms with E-state index in [1.165, 1.54) is 0 Å². The summed E-state index contributed by atoms with van der Waals surface area (Å²) in [6.07, 6.45) is 5.02. The van der Waals surface area contributed by atoms with Gasteiger partial charge in [-0.1, -0.05) is 12.2 Å². The van der Waals surface area contributed by atoms with E-state index in [1.807, 2.05) is 39.8 Å². The van der Waals surface area contributed by atoms with Crippen LogP contribution in [0, 0.1) is 0 Å². The predicted octanol–water partition coefficient (Wildman–Crippen LogP) is 2.08. The Morgan fingerprint density at radius 3 is 2.60 bits per heavy atom. The van der Waals surface area contributed by atoms with Crippen LogP contribution in [0.2, 0.25) is 0 Å². The maximum Gasteiger partial charge on any atom is 0.410 e. The summed E-state index contributed by atoms with van der Waals surface area (Å²) in [5.41, 5.74) is -1.87. The first kappa shape index (κ1) is 17.0. The molecule has 1 aliphatic heterocycles. The predicted molar refractivity (Wildman–Crippen MR) is 77.4 cm³/mol. The van der Waals surface area contributed by atoms with Gasteiger partial charge in [0.25, 0.3) is 0 Å². The van der Waals surface area contributed by atoms with Crippen LogP contribution >= 0.6 is 0 Å². The number of likely N-dealkylation sites (tertiary alicyclic amines) is 1. The smallest absolute Gasteiger partial charge is 0.410 e. The van der Waals surface area contributed by atoms with Crippen molar-refractivity contribution in [3.8, 4) is 0 Å². The number of amides is 1. The zero-order chi connectivity index (χ0) is 15.4. The minimum atomic E-state index is -1.31. The molecule has 1 fully saturated rings. The molecule has 1 amide bonds. The van der Waals surface area contributed by atoms with Gasteiger partial charge in [-0.2, -0.15) is 0 Å². The minimum Gasteiger partial charge on any atom is -0.444 e. The summed E-state index contributed by atoms with van der Waals surface area (Å²) in [5.74, 6) is 0. The number of aliphatic hydroxyl groups excluding tert-OH is 1. The highest BCUT2D eigenvalue weighted by Gasteiger charge is 2.44. The third-order valence-electron chi connectivity index (χ3n) is 3.48. The van der Waals surface area contributed by atoms with Crippen LogP contribution in [0.25, 0.3) is 0 Å². The molecule has 0 aliphatic carbocycles.